The lowest BCUT2D eigenvalue weighted by atomic mass is 10.1. The van der Waals surface area contributed by atoms with E-state index in [1.807, 2.05) is 42.2 Å². The fraction of sp³-hybridized carbons (Fsp3) is 0.217. The van der Waals surface area contributed by atoms with Crippen LogP contribution in [0.1, 0.15) is 24.0 Å². The Morgan fingerprint density at radius 1 is 1.25 bits per heavy atom. The fourth-order valence-electron chi connectivity index (χ4n) is 3.76. The zero-order valence-corrected chi connectivity index (χ0v) is 18.2. The molecule has 9 heteroatoms. The number of aromatic nitrogens is 2. The summed E-state index contributed by atoms with van der Waals surface area (Å²) in [5.41, 5.74) is 9.21. The molecule has 4 rings (SSSR count). The van der Waals surface area contributed by atoms with Gasteiger partial charge in [-0.05, 0) is 49.6 Å². The molecule has 1 fully saturated rings. The molecule has 1 aromatic heterocycles. The molecule has 0 radical (unpaired) electrons. The lowest BCUT2D eigenvalue weighted by Gasteiger charge is -2.25. The van der Waals surface area contributed by atoms with Crippen molar-refractivity contribution in [2.24, 2.45) is 5.73 Å². The van der Waals surface area contributed by atoms with E-state index < -0.39 is 0 Å². The van der Waals surface area contributed by atoms with Crippen LogP contribution < -0.4 is 21.3 Å². The van der Waals surface area contributed by atoms with Gasteiger partial charge in [-0.15, -0.1) is 0 Å². The Labute approximate surface area is 191 Å². The highest BCUT2D eigenvalue weighted by Crippen LogP contribution is 2.31. The molecular weight excluding hydrogens is 426 g/mol. The van der Waals surface area contributed by atoms with Gasteiger partial charge in [0, 0.05) is 17.9 Å². The Morgan fingerprint density at radius 2 is 2.06 bits per heavy atom. The molecule has 2 heterocycles. The Kier molecular flexibility index (Phi) is 6.10. The van der Waals surface area contributed by atoms with Gasteiger partial charge >= 0.3 is 0 Å². The number of halogens is 1. The molecule has 3 aromatic rings. The number of rotatable bonds is 6. The third-order valence-electron chi connectivity index (χ3n) is 5.43. The van der Waals surface area contributed by atoms with E-state index in [4.69, 9.17) is 17.3 Å². The number of hydrogen-bond donors (Lipinski definition) is 3. The number of benzene rings is 2. The molecule has 162 valence electrons. The highest BCUT2D eigenvalue weighted by atomic mass is 35.5. The van der Waals surface area contributed by atoms with E-state index >= 15 is 0 Å². The number of nitrogens with zero attached hydrogens (tertiary/aromatic N) is 4. The summed E-state index contributed by atoms with van der Waals surface area (Å²) in [5.74, 6) is 0.396. The van der Waals surface area contributed by atoms with Gasteiger partial charge in [0.15, 0.2) is 5.82 Å². The first-order valence-corrected chi connectivity index (χ1v) is 10.6. The van der Waals surface area contributed by atoms with E-state index in [-0.39, 0.29) is 11.9 Å². The number of nitrogens with two attached hydrogens (primary N) is 1. The minimum Gasteiger partial charge on any atom is -0.368 e. The Bertz CT molecular complexity index is 1210. The minimum atomic E-state index is -0.355. The van der Waals surface area contributed by atoms with Crippen molar-refractivity contribution in [1.29, 1.82) is 5.26 Å². The van der Waals surface area contributed by atoms with Gasteiger partial charge in [-0.1, -0.05) is 29.8 Å². The summed E-state index contributed by atoms with van der Waals surface area (Å²) in [6.45, 7) is 2.71. The van der Waals surface area contributed by atoms with E-state index in [1.165, 1.54) is 6.20 Å². The van der Waals surface area contributed by atoms with Crippen LogP contribution in [0.2, 0.25) is 5.02 Å². The smallest absolute Gasteiger partial charge is 0.240 e. The van der Waals surface area contributed by atoms with Crippen molar-refractivity contribution in [2.45, 2.75) is 25.8 Å². The average Bonchev–Trinajstić information content (AvgIpc) is 3.28. The van der Waals surface area contributed by atoms with E-state index in [0.717, 1.165) is 29.9 Å². The van der Waals surface area contributed by atoms with Gasteiger partial charge in [0.2, 0.25) is 11.9 Å². The summed E-state index contributed by atoms with van der Waals surface area (Å²) in [6, 6.07) is 15.0. The first kappa shape index (κ1) is 21.4. The number of amides is 1. The second-order valence-corrected chi connectivity index (χ2v) is 7.96. The lowest BCUT2D eigenvalue weighted by Crippen LogP contribution is -2.40. The molecule has 32 heavy (non-hydrogen) atoms. The number of para-hydroxylation sites is 1. The van der Waals surface area contributed by atoms with E-state index in [2.05, 4.69) is 26.7 Å². The largest absolute Gasteiger partial charge is 0.368 e. The molecule has 0 bridgehead atoms. The number of carbonyl (C=O) groups is 1. The number of carbonyl (C=O) groups excluding carboxylic acids is 1. The number of nitrogens with one attached hydrogen (secondary N) is 2. The maximum atomic E-state index is 11.7. The summed E-state index contributed by atoms with van der Waals surface area (Å²) in [6.07, 6.45) is 3.09. The van der Waals surface area contributed by atoms with Gasteiger partial charge in [0.25, 0.3) is 0 Å². The average molecular weight is 448 g/mol. The maximum Gasteiger partial charge on any atom is 0.240 e. The van der Waals surface area contributed by atoms with Crippen LogP contribution in [0.15, 0.2) is 48.7 Å². The highest BCUT2D eigenvalue weighted by Gasteiger charge is 2.29. The number of primary amides is 1. The number of hydrogen-bond acceptors (Lipinski definition) is 7. The molecule has 0 aliphatic carbocycles. The molecule has 1 amide bonds. The van der Waals surface area contributed by atoms with E-state index in [1.54, 1.807) is 12.1 Å². The normalized spacial score (nSPS) is 15.3. The van der Waals surface area contributed by atoms with Crippen LogP contribution in [0, 0.1) is 18.3 Å². The number of nitriles is 1. The zero-order valence-electron chi connectivity index (χ0n) is 17.5. The summed E-state index contributed by atoms with van der Waals surface area (Å²) in [4.78, 5) is 22.4. The van der Waals surface area contributed by atoms with Crippen LogP contribution in [0.4, 0.5) is 28.8 Å². The Balaban J connectivity index is 1.58. The van der Waals surface area contributed by atoms with Crippen LogP contribution in [-0.4, -0.2) is 28.5 Å². The molecule has 8 nitrogen and oxygen atoms in total. The lowest BCUT2D eigenvalue weighted by molar-refractivity contribution is -0.119. The molecular formula is C23H22ClN7O. The van der Waals surface area contributed by atoms with Crippen LogP contribution in [0.3, 0.4) is 0 Å². The molecule has 1 atom stereocenters. The second kappa shape index (κ2) is 9.12. The zero-order chi connectivity index (χ0) is 22.7. The predicted molar refractivity (Wildman–Crippen MR) is 126 cm³/mol. The summed E-state index contributed by atoms with van der Waals surface area (Å²) in [5, 5.41) is 16.4. The molecule has 0 unspecified atom stereocenters. The van der Waals surface area contributed by atoms with Crippen molar-refractivity contribution in [3.8, 4) is 6.07 Å². The third-order valence-corrected chi connectivity index (χ3v) is 5.70. The van der Waals surface area contributed by atoms with Crippen molar-refractivity contribution in [2.75, 3.05) is 22.1 Å². The molecule has 0 saturated carbocycles. The van der Waals surface area contributed by atoms with Crippen LogP contribution in [0.5, 0.6) is 0 Å². The molecule has 4 N–H and O–H groups in total. The Hall–Kier alpha value is -3.83. The van der Waals surface area contributed by atoms with Crippen LogP contribution in [0.25, 0.3) is 0 Å². The van der Waals surface area contributed by atoms with Crippen molar-refractivity contribution in [3.63, 3.8) is 0 Å². The quantitative estimate of drug-likeness (QED) is 0.516. The monoisotopic (exact) mass is 447 g/mol. The van der Waals surface area contributed by atoms with Gasteiger partial charge in [-0.2, -0.15) is 10.2 Å². The van der Waals surface area contributed by atoms with Gasteiger partial charge < -0.3 is 21.3 Å². The molecule has 2 aromatic carbocycles. The molecule has 1 aliphatic rings. The summed E-state index contributed by atoms with van der Waals surface area (Å²) >= 11 is 6.28. The number of anilines is 5. The molecule has 1 aliphatic heterocycles. The maximum absolute atomic E-state index is 11.7. The van der Waals surface area contributed by atoms with Gasteiger partial charge in [0.1, 0.15) is 17.1 Å². The van der Waals surface area contributed by atoms with E-state index in [0.29, 0.717) is 34.5 Å². The minimum absolute atomic E-state index is 0.297. The molecule has 1 saturated heterocycles. The first-order valence-electron chi connectivity index (χ1n) is 10.2. The van der Waals surface area contributed by atoms with Crippen molar-refractivity contribution in [3.05, 3.63) is 64.8 Å². The number of aryl methyl sites for hydroxylation is 1. The summed E-state index contributed by atoms with van der Waals surface area (Å²) < 4.78 is 0. The predicted octanol–water partition coefficient (Wildman–Crippen LogP) is 4.25. The standard InChI is InChI=1S/C23H22ClN7O/c1-14-5-2-3-6-18(14)28-22-17(24)13-27-23(30-22)29-19-9-8-16(11-15(19)12-25)31-10-4-7-20(31)21(26)32/h2-3,5-6,8-9,11,13,20H,4,7,10H2,1H3,(H2,26,32)(H2,27,28,29,30)/t20-/m1/s1. The van der Waals surface area contributed by atoms with E-state index in [9.17, 15) is 10.1 Å². The van der Waals surface area contributed by atoms with Crippen LogP contribution in [-0.2, 0) is 4.79 Å². The third kappa shape index (κ3) is 4.43. The molecule has 0 spiro atoms. The van der Waals surface area contributed by atoms with Crippen molar-refractivity contribution < 1.29 is 4.79 Å². The Morgan fingerprint density at radius 3 is 2.81 bits per heavy atom. The topological polar surface area (TPSA) is 120 Å². The second-order valence-electron chi connectivity index (χ2n) is 7.55. The fourth-order valence-corrected chi connectivity index (χ4v) is 3.90. The van der Waals surface area contributed by atoms with Gasteiger partial charge in [0.05, 0.1) is 17.4 Å². The van der Waals surface area contributed by atoms with Gasteiger partial charge in [-0.25, -0.2) is 4.98 Å². The SMILES string of the molecule is Cc1ccccc1Nc1nc(Nc2ccc(N3CCC[C@@H]3C(N)=O)cc2C#N)ncc1Cl. The van der Waals surface area contributed by atoms with Crippen LogP contribution >= 0.6 is 11.6 Å². The summed E-state index contributed by atoms with van der Waals surface area (Å²) in [7, 11) is 0. The van der Waals surface area contributed by atoms with Crippen molar-refractivity contribution >= 4 is 46.3 Å². The van der Waals surface area contributed by atoms with Gasteiger partial charge in [-0.3, -0.25) is 4.79 Å². The first-order chi connectivity index (χ1) is 15.5. The van der Waals surface area contributed by atoms with Crippen molar-refractivity contribution in [1.82, 2.24) is 9.97 Å². The highest BCUT2D eigenvalue weighted by molar-refractivity contribution is 6.32.